The van der Waals surface area contributed by atoms with Gasteiger partial charge in [-0.1, -0.05) is 6.92 Å². The molecule has 1 heterocycles. The van der Waals surface area contributed by atoms with Crippen LogP contribution in [0.25, 0.3) is 0 Å². The van der Waals surface area contributed by atoms with E-state index in [0.29, 0.717) is 18.1 Å². The standard InChI is InChI=1S/C15H22O5S/c1-9(7-21)13(16)18-8-19-15-3-2-10-4-11(14(17)20-15)6-12(15)5-10/h9-12,21H,2-8H2,1H3. The number of carbonyl (C=O) groups excluding carboxylic acids is 2. The second-order valence-corrected chi connectivity index (χ2v) is 6.91. The average molecular weight is 314 g/mol. The minimum atomic E-state index is -0.866. The Morgan fingerprint density at radius 2 is 2.29 bits per heavy atom. The Hall–Kier alpha value is -0.750. The van der Waals surface area contributed by atoms with Crippen LogP contribution in [-0.4, -0.2) is 30.3 Å². The summed E-state index contributed by atoms with van der Waals surface area (Å²) in [6.45, 7) is 1.60. The van der Waals surface area contributed by atoms with Crippen molar-refractivity contribution in [3.05, 3.63) is 0 Å². The summed E-state index contributed by atoms with van der Waals surface area (Å²) in [6.07, 6.45) is 4.57. The smallest absolute Gasteiger partial charge is 0.311 e. The number of hydrogen-bond donors (Lipinski definition) is 1. The van der Waals surface area contributed by atoms with Crippen LogP contribution in [0.15, 0.2) is 0 Å². The van der Waals surface area contributed by atoms with Gasteiger partial charge in [-0.05, 0) is 31.6 Å². The average Bonchev–Trinajstić information content (AvgIpc) is 2.48. The van der Waals surface area contributed by atoms with Crippen LogP contribution < -0.4 is 0 Å². The summed E-state index contributed by atoms with van der Waals surface area (Å²) in [4.78, 5) is 23.7. The fourth-order valence-electron chi connectivity index (χ4n) is 3.85. The van der Waals surface area contributed by atoms with Crippen molar-refractivity contribution in [2.45, 2.75) is 44.8 Å². The SMILES string of the molecule is CC(CS)C(=O)OCOC12CCC3CC(CC1C3)C(=O)O2. The summed E-state index contributed by atoms with van der Waals surface area (Å²) in [5, 5.41) is 0. The first-order chi connectivity index (χ1) is 10.0. The van der Waals surface area contributed by atoms with Crippen LogP contribution in [0.1, 0.15) is 39.0 Å². The first-order valence-electron chi connectivity index (χ1n) is 7.68. The molecule has 0 amide bonds. The van der Waals surface area contributed by atoms with Gasteiger partial charge in [0.2, 0.25) is 5.79 Å². The van der Waals surface area contributed by atoms with Gasteiger partial charge >= 0.3 is 11.9 Å². The molecule has 1 saturated heterocycles. The summed E-state index contributed by atoms with van der Waals surface area (Å²) in [5.41, 5.74) is 0. The Labute approximate surface area is 130 Å². The van der Waals surface area contributed by atoms with Gasteiger partial charge in [-0.15, -0.1) is 0 Å². The fraction of sp³-hybridized carbons (Fsp3) is 0.867. The molecule has 5 nitrogen and oxygen atoms in total. The van der Waals surface area contributed by atoms with Gasteiger partial charge in [-0.2, -0.15) is 12.6 Å². The zero-order valence-corrected chi connectivity index (χ0v) is 13.1. The number of carbonyl (C=O) groups is 2. The van der Waals surface area contributed by atoms with Crippen LogP contribution in [0.4, 0.5) is 0 Å². The second-order valence-electron chi connectivity index (χ2n) is 6.55. The Bertz CT molecular complexity index is 440. The number of ether oxygens (including phenoxy) is 3. The van der Waals surface area contributed by atoms with Gasteiger partial charge < -0.3 is 14.2 Å². The molecule has 0 spiro atoms. The molecule has 5 unspecified atom stereocenters. The summed E-state index contributed by atoms with van der Waals surface area (Å²) in [5.74, 6) is -0.279. The van der Waals surface area contributed by atoms with E-state index in [9.17, 15) is 9.59 Å². The largest absolute Gasteiger partial charge is 0.438 e. The fourth-order valence-corrected chi connectivity index (χ4v) is 3.99. The maximum Gasteiger partial charge on any atom is 0.311 e. The van der Waals surface area contributed by atoms with Crippen LogP contribution in [-0.2, 0) is 23.8 Å². The van der Waals surface area contributed by atoms with Crippen molar-refractivity contribution in [2.75, 3.05) is 12.5 Å². The van der Waals surface area contributed by atoms with E-state index in [1.54, 1.807) is 6.92 Å². The van der Waals surface area contributed by atoms with Crippen LogP contribution in [0, 0.1) is 23.7 Å². The summed E-state index contributed by atoms with van der Waals surface area (Å²) < 4.78 is 16.5. The summed E-state index contributed by atoms with van der Waals surface area (Å²) >= 11 is 4.07. The van der Waals surface area contributed by atoms with E-state index >= 15 is 0 Å². The van der Waals surface area contributed by atoms with Gasteiger partial charge in [0, 0.05) is 18.1 Å². The van der Waals surface area contributed by atoms with Crippen molar-refractivity contribution < 1.29 is 23.8 Å². The molecule has 3 bridgehead atoms. The predicted molar refractivity (Wildman–Crippen MR) is 77.4 cm³/mol. The van der Waals surface area contributed by atoms with Crippen LogP contribution >= 0.6 is 12.6 Å². The molecule has 3 fully saturated rings. The highest BCUT2D eigenvalue weighted by Gasteiger charge is 2.56. The van der Waals surface area contributed by atoms with Gasteiger partial charge in [-0.25, -0.2) is 0 Å². The molecule has 3 aliphatic rings. The molecule has 0 aromatic heterocycles. The van der Waals surface area contributed by atoms with E-state index in [1.807, 2.05) is 0 Å². The van der Waals surface area contributed by atoms with Gasteiger partial charge in [-0.3, -0.25) is 9.59 Å². The van der Waals surface area contributed by atoms with Crippen molar-refractivity contribution in [3.8, 4) is 0 Å². The van der Waals surface area contributed by atoms with Gasteiger partial charge in [0.05, 0.1) is 11.8 Å². The van der Waals surface area contributed by atoms with Crippen molar-refractivity contribution in [2.24, 2.45) is 23.7 Å². The van der Waals surface area contributed by atoms with Gasteiger partial charge in [0.15, 0.2) is 6.79 Å². The lowest BCUT2D eigenvalue weighted by Gasteiger charge is -2.53. The Balaban J connectivity index is 1.61. The molecule has 21 heavy (non-hydrogen) atoms. The molecule has 0 aromatic carbocycles. The van der Waals surface area contributed by atoms with E-state index in [2.05, 4.69) is 12.6 Å². The molecule has 5 atom stereocenters. The van der Waals surface area contributed by atoms with Crippen LogP contribution in [0.5, 0.6) is 0 Å². The first kappa shape index (κ1) is 15.2. The molecule has 1 aliphatic heterocycles. The van der Waals surface area contributed by atoms with Crippen molar-refractivity contribution in [1.82, 2.24) is 0 Å². The zero-order valence-electron chi connectivity index (χ0n) is 12.2. The molecule has 118 valence electrons. The highest BCUT2D eigenvalue weighted by atomic mass is 32.1. The topological polar surface area (TPSA) is 61.8 Å². The maximum absolute atomic E-state index is 12.0. The van der Waals surface area contributed by atoms with Gasteiger partial charge in [0.25, 0.3) is 0 Å². The van der Waals surface area contributed by atoms with E-state index in [4.69, 9.17) is 14.2 Å². The van der Waals surface area contributed by atoms with Crippen LogP contribution in [0.2, 0.25) is 0 Å². The second kappa shape index (κ2) is 5.80. The highest BCUT2D eigenvalue weighted by molar-refractivity contribution is 7.80. The number of hydrogen-bond acceptors (Lipinski definition) is 6. The van der Waals surface area contributed by atoms with Crippen LogP contribution in [0.3, 0.4) is 0 Å². The summed E-state index contributed by atoms with van der Waals surface area (Å²) in [7, 11) is 0. The Morgan fingerprint density at radius 1 is 1.48 bits per heavy atom. The molecule has 6 heteroatoms. The third-order valence-electron chi connectivity index (χ3n) is 5.12. The maximum atomic E-state index is 12.0. The third-order valence-corrected chi connectivity index (χ3v) is 5.66. The van der Waals surface area contributed by atoms with E-state index in [1.165, 1.54) is 0 Å². The lowest BCUT2D eigenvalue weighted by Crippen LogP contribution is -2.57. The quantitative estimate of drug-likeness (QED) is 0.478. The normalized spacial score (nSPS) is 38.8. The highest BCUT2D eigenvalue weighted by Crippen LogP contribution is 2.53. The Morgan fingerprint density at radius 3 is 3.05 bits per heavy atom. The predicted octanol–water partition coefficient (Wildman–Crippen LogP) is 2.15. The summed E-state index contributed by atoms with van der Waals surface area (Å²) in [6, 6.07) is 0. The lowest BCUT2D eigenvalue weighted by atomic mass is 9.63. The van der Waals surface area contributed by atoms with E-state index in [0.717, 1.165) is 25.7 Å². The van der Waals surface area contributed by atoms with Crippen molar-refractivity contribution in [1.29, 1.82) is 0 Å². The molecular weight excluding hydrogens is 292 g/mol. The minimum absolute atomic E-state index is 0.0394. The minimum Gasteiger partial charge on any atom is -0.438 e. The molecule has 0 radical (unpaired) electrons. The molecule has 2 saturated carbocycles. The lowest BCUT2D eigenvalue weighted by molar-refractivity contribution is -0.318. The zero-order chi connectivity index (χ0) is 15.0. The number of esters is 2. The first-order valence-corrected chi connectivity index (χ1v) is 8.31. The molecular formula is C15H22O5S. The number of rotatable bonds is 5. The van der Waals surface area contributed by atoms with Gasteiger partial charge in [0.1, 0.15) is 0 Å². The molecule has 2 aliphatic carbocycles. The Kier molecular flexibility index (Phi) is 4.19. The van der Waals surface area contributed by atoms with Crippen molar-refractivity contribution in [3.63, 3.8) is 0 Å². The van der Waals surface area contributed by atoms with E-state index < -0.39 is 5.79 Å². The monoisotopic (exact) mass is 314 g/mol. The van der Waals surface area contributed by atoms with Crippen molar-refractivity contribution >= 4 is 24.6 Å². The molecule has 3 rings (SSSR count). The molecule has 0 N–H and O–H groups in total. The third kappa shape index (κ3) is 2.80. The number of thiol groups is 1. The van der Waals surface area contributed by atoms with E-state index in [-0.39, 0.29) is 36.5 Å². The number of fused-ring (bicyclic) bond motifs is 2. The molecule has 0 aromatic rings.